The molecular weight excluding hydrogens is 462 g/mol. The molecule has 1 fully saturated rings. The van der Waals surface area contributed by atoms with E-state index in [1.54, 1.807) is 23.2 Å². The number of benzene rings is 2. The average Bonchev–Trinajstić information content (AvgIpc) is 3.63. The molecule has 5 rings (SSSR count). The standard InChI is InChI=1S/C30H29N5O2/c36-28(32-19-22-8-6-12-26(18-22)33-30(37)23-9-4-5-10-23)16-15-25-21-35(27-13-2-1-3-14-27)34-29(25)24-11-7-17-31-20-24/h1-3,6-8,11-18,20-21,23H,4-5,9-10,19H2,(H,32,36)(H,33,37)/b16-15+. The summed E-state index contributed by atoms with van der Waals surface area (Å²) in [6.07, 6.45) is 12.8. The number of pyridine rings is 1. The van der Waals surface area contributed by atoms with Crippen LogP contribution in [0.25, 0.3) is 23.0 Å². The van der Waals surface area contributed by atoms with Crippen LogP contribution in [0.15, 0.2) is 91.4 Å². The van der Waals surface area contributed by atoms with Gasteiger partial charge in [0.2, 0.25) is 11.8 Å². The molecule has 2 N–H and O–H groups in total. The van der Waals surface area contributed by atoms with E-state index in [9.17, 15) is 9.59 Å². The van der Waals surface area contributed by atoms with Gasteiger partial charge in [0.15, 0.2) is 0 Å². The highest BCUT2D eigenvalue weighted by Gasteiger charge is 2.22. The SMILES string of the molecule is O=C(/C=C/c1cn(-c2ccccc2)nc1-c1cccnc1)NCc1cccc(NC(=O)C2CCCC2)c1. The van der Waals surface area contributed by atoms with Gasteiger partial charge in [-0.25, -0.2) is 4.68 Å². The molecule has 1 saturated carbocycles. The van der Waals surface area contributed by atoms with E-state index in [2.05, 4.69) is 15.6 Å². The Morgan fingerprint density at radius 2 is 1.84 bits per heavy atom. The summed E-state index contributed by atoms with van der Waals surface area (Å²) in [6.45, 7) is 0.356. The highest BCUT2D eigenvalue weighted by molar-refractivity contribution is 5.93. The summed E-state index contributed by atoms with van der Waals surface area (Å²) < 4.78 is 1.80. The molecule has 1 aliphatic rings. The lowest BCUT2D eigenvalue weighted by atomic mass is 10.1. The van der Waals surface area contributed by atoms with Crippen molar-refractivity contribution in [1.82, 2.24) is 20.1 Å². The van der Waals surface area contributed by atoms with E-state index in [1.807, 2.05) is 72.9 Å². The first-order chi connectivity index (χ1) is 18.2. The van der Waals surface area contributed by atoms with Crippen molar-refractivity contribution in [2.75, 3.05) is 5.32 Å². The lowest BCUT2D eigenvalue weighted by Crippen LogP contribution is -2.21. The maximum atomic E-state index is 12.6. The molecule has 7 nitrogen and oxygen atoms in total. The zero-order valence-electron chi connectivity index (χ0n) is 20.5. The maximum absolute atomic E-state index is 12.6. The van der Waals surface area contributed by atoms with E-state index >= 15 is 0 Å². The third-order valence-electron chi connectivity index (χ3n) is 6.50. The number of carbonyl (C=O) groups is 2. The summed E-state index contributed by atoms with van der Waals surface area (Å²) >= 11 is 0. The van der Waals surface area contributed by atoms with Crippen molar-refractivity contribution < 1.29 is 9.59 Å². The number of nitrogens with one attached hydrogen (secondary N) is 2. The highest BCUT2D eigenvalue weighted by atomic mass is 16.2. The molecule has 0 aliphatic heterocycles. The molecule has 7 heteroatoms. The molecule has 37 heavy (non-hydrogen) atoms. The largest absolute Gasteiger partial charge is 0.348 e. The highest BCUT2D eigenvalue weighted by Crippen LogP contribution is 2.26. The van der Waals surface area contributed by atoms with Crippen LogP contribution in [0.2, 0.25) is 0 Å². The van der Waals surface area contributed by atoms with Crippen LogP contribution in [0, 0.1) is 5.92 Å². The number of hydrogen-bond acceptors (Lipinski definition) is 4. The normalized spacial score (nSPS) is 13.6. The second-order valence-corrected chi connectivity index (χ2v) is 9.18. The Balaban J connectivity index is 1.25. The van der Waals surface area contributed by atoms with E-state index in [4.69, 9.17) is 5.10 Å². The van der Waals surface area contributed by atoms with Crippen LogP contribution >= 0.6 is 0 Å². The van der Waals surface area contributed by atoms with Crippen molar-refractivity contribution in [2.45, 2.75) is 32.2 Å². The molecule has 2 aromatic heterocycles. The fraction of sp³-hybridized carbons (Fsp3) is 0.200. The molecule has 2 amide bonds. The maximum Gasteiger partial charge on any atom is 0.244 e. The molecule has 0 bridgehead atoms. The van der Waals surface area contributed by atoms with Gasteiger partial charge in [0.25, 0.3) is 0 Å². The Labute approximate surface area is 216 Å². The van der Waals surface area contributed by atoms with Gasteiger partial charge in [-0.2, -0.15) is 5.10 Å². The number of amides is 2. The second kappa shape index (κ2) is 11.5. The van der Waals surface area contributed by atoms with Crippen molar-refractivity contribution in [3.05, 3.63) is 103 Å². The van der Waals surface area contributed by atoms with E-state index < -0.39 is 0 Å². The minimum Gasteiger partial charge on any atom is -0.348 e. The summed E-state index contributed by atoms with van der Waals surface area (Å²) in [5, 5.41) is 10.7. The lowest BCUT2D eigenvalue weighted by Gasteiger charge is -2.11. The van der Waals surface area contributed by atoms with Crippen LogP contribution in [0.3, 0.4) is 0 Å². The Bertz CT molecular complexity index is 1390. The Morgan fingerprint density at radius 3 is 2.62 bits per heavy atom. The van der Waals surface area contributed by atoms with Crippen LogP contribution < -0.4 is 10.6 Å². The Morgan fingerprint density at radius 1 is 1.00 bits per heavy atom. The first kappa shape index (κ1) is 24.2. The summed E-state index contributed by atoms with van der Waals surface area (Å²) in [7, 11) is 0. The molecule has 0 spiro atoms. The zero-order chi connectivity index (χ0) is 25.5. The third-order valence-corrected chi connectivity index (χ3v) is 6.50. The Hall–Kier alpha value is -4.52. The fourth-order valence-corrected chi connectivity index (χ4v) is 4.55. The molecule has 4 aromatic rings. The molecule has 0 radical (unpaired) electrons. The van der Waals surface area contributed by atoms with E-state index in [1.165, 1.54) is 6.08 Å². The second-order valence-electron chi connectivity index (χ2n) is 9.18. The van der Waals surface area contributed by atoms with Crippen molar-refractivity contribution >= 4 is 23.6 Å². The van der Waals surface area contributed by atoms with Gasteiger partial charge in [0.1, 0.15) is 5.69 Å². The zero-order valence-corrected chi connectivity index (χ0v) is 20.5. The van der Waals surface area contributed by atoms with Crippen molar-refractivity contribution in [3.63, 3.8) is 0 Å². The van der Waals surface area contributed by atoms with E-state index in [-0.39, 0.29) is 17.7 Å². The van der Waals surface area contributed by atoms with Crippen LogP contribution in [0.5, 0.6) is 0 Å². The van der Waals surface area contributed by atoms with Gasteiger partial charge in [-0.15, -0.1) is 0 Å². The quantitative estimate of drug-likeness (QED) is 0.323. The average molecular weight is 492 g/mol. The first-order valence-corrected chi connectivity index (χ1v) is 12.6. The molecule has 2 aromatic carbocycles. The van der Waals surface area contributed by atoms with Crippen molar-refractivity contribution in [3.8, 4) is 16.9 Å². The number of anilines is 1. The third kappa shape index (κ3) is 6.19. The Kier molecular flexibility index (Phi) is 7.50. The van der Waals surface area contributed by atoms with Gasteiger partial charge in [0.05, 0.1) is 5.69 Å². The van der Waals surface area contributed by atoms with Gasteiger partial charge in [-0.3, -0.25) is 14.6 Å². The predicted octanol–water partition coefficient (Wildman–Crippen LogP) is 5.39. The van der Waals surface area contributed by atoms with Crippen LogP contribution in [0.1, 0.15) is 36.8 Å². The summed E-state index contributed by atoms with van der Waals surface area (Å²) in [6, 6.07) is 21.2. The predicted molar refractivity (Wildman–Crippen MR) is 145 cm³/mol. The molecule has 186 valence electrons. The van der Waals surface area contributed by atoms with Crippen LogP contribution in [0.4, 0.5) is 5.69 Å². The summed E-state index contributed by atoms with van der Waals surface area (Å²) in [4.78, 5) is 29.3. The molecule has 2 heterocycles. The van der Waals surface area contributed by atoms with Gasteiger partial charge >= 0.3 is 0 Å². The van der Waals surface area contributed by atoms with Gasteiger partial charge < -0.3 is 10.6 Å². The number of aromatic nitrogens is 3. The number of rotatable bonds is 8. The topological polar surface area (TPSA) is 88.9 Å². The van der Waals surface area contributed by atoms with Crippen molar-refractivity contribution in [2.24, 2.45) is 5.92 Å². The van der Waals surface area contributed by atoms with E-state index in [0.717, 1.165) is 59.4 Å². The lowest BCUT2D eigenvalue weighted by molar-refractivity contribution is -0.119. The summed E-state index contributed by atoms with van der Waals surface area (Å²) in [5.74, 6) is -0.0246. The molecule has 0 unspecified atom stereocenters. The van der Waals surface area contributed by atoms with Crippen LogP contribution in [-0.2, 0) is 16.1 Å². The molecule has 1 aliphatic carbocycles. The summed E-state index contributed by atoms with van der Waals surface area (Å²) in [5.41, 5.74) is 5.02. The van der Waals surface area contributed by atoms with Crippen LogP contribution in [-0.4, -0.2) is 26.6 Å². The fourth-order valence-electron chi connectivity index (χ4n) is 4.55. The molecule has 0 saturated heterocycles. The smallest absolute Gasteiger partial charge is 0.244 e. The minimum atomic E-state index is -0.218. The first-order valence-electron chi connectivity index (χ1n) is 12.6. The molecule has 0 atom stereocenters. The molecular formula is C30H29N5O2. The number of nitrogens with zero attached hydrogens (tertiary/aromatic N) is 3. The number of hydrogen-bond donors (Lipinski definition) is 2. The van der Waals surface area contributed by atoms with Gasteiger partial charge in [0, 0.05) is 53.9 Å². The van der Waals surface area contributed by atoms with Gasteiger partial charge in [-0.1, -0.05) is 43.2 Å². The number of carbonyl (C=O) groups excluding carboxylic acids is 2. The van der Waals surface area contributed by atoms with Gasteiger partial charge in [-0.05, 0) is 60.9 Å². The van der Waals surface area contributed by atoms with Crippen molar-refractivity contribution in [1.29, 1.82) is 0 Å². The van der Waals surface area contributed by atoms with E-state index in [0.29, 0.717) is 6.54 Å². The monoisotopic (exact) mass is 491 g/mol. The number of para-hydroxylation sites is 1. The minimum absolute atomic E-state index is 0.0853.